The van der Waals surface area contributed by atoms with E-state index in [2.05, 4.69) is 48.2 Å². The maximum atomic E-state index is 13.9. The van der Waals surface area contributed by atoms with Crippen molar-refractivity contribution in [3.63, 3.8) is 0 Å². The summed E-state index contributed by atoms with van der Waals surface area (Å²) in [6.45, 7) is 7.14. The van der Waals surface area contributed by atoms with Gasteiger partial charge < -0.3 is 14.5 Å². The zero-order valence-corrected chi connectivity index (χ0v) is 20.6. The molecule has 4 aromatic rings. The van der Waals surface area contributed by atoms with Crippen LogP contribution >= 0.6 is 0 Å². The van der Waals surface area contributed by atoms with Crippen molar-refractivity contribution < 1.29 is 9.53 Å². The van der Waals surface area contributed by atoms with Crippen molar-refractivity contribution in [3.05, 3.63) is 89.5 Å². The molecule has 1 aliphatic rings. The van der Waals surface area contributed by atoms with Crippen LogP contribution in [0.25, 0.3) is 22.2 Å². The number of nitrogens with zero attached hydrogens (tertiary/aromatic N) is 3. The molecule has 5 rings (SSSR count). The number of fused-ring (bicyclic) bond motifs is 1. The largest absolute Gasteiger partial charge is 0.497 e. The summed E-state index contributed by atoms with van der Waals surface area (Å²) in [5, 5.41) is 0.918. The first-order chi connectivity index (χ1) is 17.1. The maximum Gasteiger partial charge on any atom is 0.255 e. The summed E-state index contributed by atoms with van der Waals surface area (Å²) < 4.78 is 5.28. The summed E-state index contributed by atoms with van der Waals surface area (Å²) in [4.78, 5) is 23.2. The van der Waals surface area contributed by atoms with E-state index in [1.807, 2.05) is 48.2 Å². The normalized spacial score (nSPS) is 13.8. The number of anilines is 1. The van der Waals surface area contributed by atoms with E-state index in [-0.39, 0.29) is 5.91 Å². The summed E-state index contributed by atoms with van der Waals surface area (Å²) in [6, 6.07) is 24.6. The molecular formula is C30H31N3O2. The molecule has 0 saturated carbocycles. The van der Waals surface area contributed by atoms with Crippen molar-refractivity contribution in [2.45, 2.75) is 20.3 Å². The first-order valence-corrected chi connectivity index (χ1v) is 12.3. The Morgan fingerprint density at radius 1 is 0.914 bits per heavy atom. The first kappa shape index (κ1) is 22.9. The Morgan fingerprint density at radius 2 is 1.60 bits per heavy atom. The van der Waals surface area contributed by atoms with E-state index in [0.717, 1.165) is 64.2 Å². The Morgan fingerprint density at radius 3 is 2.26 bits per heavy atom. The molecule has 5 nitrogen and oxygen atoms in total. The molecule has 2 heterocycles. The van der Waals surface area contributed by atoms with E-state index in [4.69, 9.17) is 9.72 Å². The number of rotatable bonds is 5. The van der Waals surface area contributed by atoms with Crippen molar-refractivity contribution in [3.8, 4) is 17.0 Å². The number of carbonyl (C=O) groups excluding carboxylic acids is 1. The Kier molecular flexibility index (Phi) is 6.41. The van der Waals surface area contributed by atoms with Gasteiger partial charge in [-0.05, 0) is 54.8 Å². The van der Waals surface area contributed by atoms with Crippen LogP contribution in [0.4, 0.5) is 5.69 Å². The summed E-state index contributed by atoms with van der Waals surface area (Å²) in [7, 11) is 1.68. The maximum absolute atomic E-state index is 13.9. The highest BCUT2D eigenvalue weighted by atomic mass is 16.5. The lowest BCUT2D eigenvalue weighted by atomic mass is 9.96. The zero-order chi connectivity index (χ0) is 24.4. The average Bonchev–Trinajstić information content (AvgIpc) is 2.92. The number of benzene rings is 3. The molecule has 3 aromatic carbocycles. The van der Waals surface area contributed by atoms with Gasteiger partial charge in [0.25, 0.3) is 5.91 Å². The van der Waals surface area contributed by atoms with E-state index in [0.29, 0.717) is 13.1 Å². The number of aromatic nitrogens is 1. The Balaban J connectivity index is 1.44. The van der Waals surface area contributed by atoms with Gasteiger partial charge in [0.05, 0.1) is 23.9 Å². The molecule has 0 N–H and O–H groups in total. The molecule has 1 fully saturated rings. The highest BCUT2D eigenvalue weighted by Crippen LogP contribution is 2.31. The van der Waals surface area contributed by atoms with Crippen LogP contribution in [0.15, 0.2) is 72.8 Å². The van der Waals surface area contributed by atoms with Gasteiger partial charge in [0, 0.05) is 42.8 Å². The summed E-state index contributed by atoms with van der Waals surface area (Å²) in [6.07, 6.45) is 0.997. The molecule has 1 amide bonds. The SMILES string of the molecule is CCc1ccc(-c2nc3ccccc3c(C(=O)N3CCN(c4ccc(OC)cc4)CC3)c2C)cc1. The third-order valence-corrected chi connectivity index (χ3v) is 6.99. The van der Waals surface area contributed by atoms with Gasteiger partial charge >= 0.3 is 0 Å². The monoisotopic (exact) mass is 465 g/mol. The van der Waals surface area contributed by atoms with Gasteiger partial charge in [-0.15, -0.1) is 0 Å². The molecule has 1 saturated heterocycles. The lowest BCUT2D eigenvalue weighted by Crippen LogP contribution is -2.49. The van der Waals surface area contributed by atoms with Crippen molar-refractivity contribution in [2.75, 3.05) is 38.2 Å². The van der Waals surface area contributed by atoms with Crippen LogP contribution in [0.5, 0.6) is 5.75 Å². The van der Waals surface area contributed by atoms with Crippen molar-refractivity contribution in [1.82, 2.24) is 9.88 Å². The minimum atomic E-state index is 0.0851. The third-order valence-electron chi connectivity index (χ3n) is 6.99. The highest BCUT2D eigenvalue weighted by molar-refractivity contribution is 6.09. The van der Waals surface area contributed by atoms with Gasteiger partial charge in [0.1, 0.15) is 5.75 Å². The topological polar surface area (TPSA) is 45.7 Å². The van der Waals surface area contributed by atoms with Crippen LogP contribution in [0.2, 0.25) is 0 Å². The van der Waals surface area contributed by atoms with Gasteiger partial charge in [-0.2, -0.15) is 0 Å². The predicted molar refractivity (Wildman–Crippen MR) is 142 cm³/mol. The molecule has 0 unspecified atom stereocenters. The van der Waals surface area contributed by atoms with Gasteiger partial charge in [0.15, 0.2) is 0 Å². The van der Waals surface area contributed by atoms with E-state index in [9.17, 15) is 4.79 Å². The molecular weight excluding hydrogens is 434 g/mol. The molecule has 0 aliphatic carbocycles. The Hall–Kier alpha value is -3.86. The minimum absolute atomic E-state index is 0.0851. The molecule has 5 heteroatoms. The standard InChI is InChI=1S/C30H31N3O2/c1-4-22-9-11-23(12-10-22)29-21(2)28(26-7-5-6-8-27(26)31-29)30(34)33-19-17-32(18-20-33)24-13-15-25(35-3)16-14-24/h5-16H,4,17-20H2,1-3H3. The van der Waals surface area contributed by atoms with E-state index in [1.165, 1.54) is 5.56 Å². The van der Waals surface area contributed by atoms with Crippen LogP contribution in [0.1, 0.15) is 28.4 Å². The number of piperazine rings is 1. The first-order valence-electron chi connectivity index (χ1n) is 12.3. The van der Waals surface area contributed by atoms with Crippen molar-refractivity contribution in [1.29, 1.82) is 0 Å². The molecule has 0 radical (unpaired) electrons. The second-order valence-electron chi connectivity index (χ2n) is 9.01. The van der Waals surface area contributed by atoms with Crippen molar-refractivity contribution in [2.24, 2.45) is 0 Å². The number of hydrogen-bond acceptors (Lipinski definition) is 4. The number of methoxy groups -OCH3 is 1. The van der Waals surface area contributed by atoms with E-state index >= 15 is 0 Å². The van der Waals surface area contributed by atoms with Crippen LogP contribution in [-0.4, -0.2) is 49.1 Å². The molecule has 1 aromatic heterocycles. The van der Waals surface area contributed by atoms with Gasteiger partial charge in [-0.3, -0.25) is 4.79 Å². The Bertz CT molecular complexity index is 1340. The quantitative estimate of drug-likeness (QED) is 0.377. The fraction of sp³-hybridized carbons (Fsp3) is 0.267. The molecule has 178 valence electrons. The molecule has 35 heavy (non-hydrogen) atoms. The molecule has 0 atom stereocenters. The number of pyridine rings is 1. The number of amides is 1. The van der Waals surface area contributed by atoms with Gasteiger partial charge in [-0.25, -0.2) is 4.98 Å². The number of carbonyl (C=O) groups is 1. The highest BCUT2D eigenvalue weighted by Gasteiger charge is 2.26. The van der Waals surface area contributed by atoms with Gasteiger partial charge in [-0.1, -0.05) is 49.4 Å². The van der Waals surface area contributed by atoms with Crippen LogP contribution in [0, 0.1) is 6.92 Å². The second kappa shape index (κ2) is 9.79. The fourth-order valence-electron chi connectivity index (χ4n) is 4.88. The van der Waals surface area contributed by atoms with E-state index in [1.54, 1.807) is 7.11 Å². The van der Waals surface area contributed by atoms with E-state index < -0.39 is 0 Å². The smallest absolute Gasteiger partial charge is 0.255 e. The predicted octanol–water partition coefficient (Wildman–Crippen LogP) is 5.74. The molecule has 0 spiro atoms. The van der Waals surface area contributed by atoms with Crippen LogP contribution < -0.4 is 9.64 Å². The number of ether oxygens (including phenoxy) is 1. The lowest BCUT2D eigenvalue weighted by Gasteiger charge is -2.36. The average molecular weight is 466 g/mol. The zero-order valence-electron chi connectivity index (χ0n) is 20.6. The fourth-order valence-corrected chi connectivity index (χ4v) is 4.88. The number of para-hydroxylation sites is 1. The van der Waals surface area contributed by atoms with Gasteiger partial charge in [0.2, 0.25) is 0 Å². The molecule has 0 bridgehead atoms. The minimum Gasteiger partial charge on any atom is -0.497 e. The summed E-state index contributed by atoms with van der Waals surface area (Å²) >= 11 is 0. The number of hydrogen-bond donors (Lipinski definition) is 0. The van der Waals surface area contributed by atoms with Crippen LogP contribution in [-0.2, 0) is 6.42 Å². The second-order valence-corrected chi connectivity index (χ2v) is 9.01. The lowest BCUT2D eigenvalue weighted by molar-refractivity contribution is 0.0748. The number of aryl methyl sites for hydroxylation is 1. The van der Waals surface area contributed by atoms with Crippen LogP contribution in [0.3, 0.4) is 0 Å². The summed E-state index contributed by atoms with van der Waals surface area (Å²) in [5.74, 6) is 0.935. The van der Waals surface area contributed by atoms with Crippen molar-refractivity contribution >= 4 is 22.5 Å². The summed E-state index contributed by atoms with van der Waals surface area (Å²) in [5.41, 5.74) is 6.93. The third kappa shape index (κ3) is 4.46. The molecule has 1 aliphatic heterocycles. The Labute approximate surface area is 207 Å².